The second-order valence-corrected chi connectivity index (χ2v) is 9.48. The summed E-state index contributed by atoms with van der Waals surface area (Å²) >= 11 is -0.443. The van der Waals surface area contributed by atoms with Crippen molar-refractivity contribution >= 4 is 28.9 Å². The van der Waals surface area contributed by atoms with Crippen LogP contribution in [0.5, 0.6) is 0 Å². The quantitative estimate of drug-likeness (QED) is 0.118. The molecule has 24 heteroatoms. The molecule has 0 saturated carbocycles. The molecule has 0 aromatic rings. The lowest BCUT2D eigenvalue weighted by Crippen LogP contribution is -2.74. The number of halogens is 17. The molecule has 0 atom stereocenters. The number of carbonyl (C=O) groups is 3. The Hall–Kier alpha value is -2.43. The van der Waals surface area contributed by atoms with Crippen molar-refractivity contribution < 1.29 is 94.1 Å². The normalized spacial score (nSPS) is 14.4. The zero-order chi connectivity index (χ0) is 34.5. The molecule has 0 unspecified atom stereocenters. The van der Waals surface area contributed by atoms with Crippen molar-refractivity contribution in [1.29, 1.82) is 0 Å². The first-order valence-electron chi connectivity index (χ1n) is 11.1. The number of hydrogen-bond acceptors (Lipinski definition) is 4. The molecule has 6 nitrogen and oxygen atoms in total. The number of amides is 2. The van der Waals surface area contributed by atoms with Crippen molar-refractivity contribution in [3.05, 3.63) is 0 Å². The molecule has 0 aliphatic carbocycles. The lowest BCUT2D eigenvalue weighted by Gasteiger charge is -2.42. The minimum atomic E-state index is -8.71. The van der Waals surface area contributed by atoms with E-state index in [1.54, 1.807) is 0 Å². The monoisotopic (exact) mass is 694 g/mol. The van der Waals surface area contributed by atoms with Gasteiger partial charge in [0.2, 0.25) is 5.91 Å². The van der Waals surface area contributed by atoms with Gasteiger partial charge in [-0.1, -0.05) is 11.8 Å². The molecule has 0 aromatic carbocycles. The van der Waals surface area contributed by atoms with Crippen LogP contribution in [0, 0.1) is 0 Å². The van der Waals surface area contributed by atoms with E-state index in [-0.39, 0.29) is 25.8 Å². The molecule has 0 fully saturated rings. The summed E-state index contributed by atoms with van der Waals surface area (Å²) in [5.41, 5.74) is 0. The second kappa shape index (κ2) is 13.7. The summed E-state index contributed by atoms with van der Waals surface area (Å²) < 4.78 is 225. The van der Waals surface area contributed by atoms with Crippen LogP contribution in [0.1, 0.15) is 32.1 Å². The Bertz CT molecular complexity index is 989. The van der Waals surface area contributed by atoms with Crippen LogP contribution < -0.4 is 10.6 Å². The molecule has 0 radical (unpaired) electrons. The van der Waals surface area contributed by atoms with Crippen molar-refractivity contribution in [2.24, 2.45) is 0 Å². The summed E-state index contributed by atoms with van der Waals surface area (Å²) in [6.45, 7) is -0.550. The molecular weight excluding hydrogens is 675 g/mol. The molecule has 0 aliphatic rings. The van der Waals surface area contributed by atoms with Gasteiger partial charge in [-0.25, -0.2) is 0 Å². The highest BCUT2D eigenvalue weighted by atomic mass is 32.2. The minimum Gasteiger partial charge on any atom is -0.481 e. The lowest BCUT2D eigenvalue weighted by atomic mass is 9.88. The fourth-order valence-electron chi connectivity index (χ4n) is 2.67. The summed E-state index contributed by atoms with van der Waals surface area (Å²) in [5.74, 6) is -60.5. The fraction of sp³-hybridized carbons (Fsp3) is 0.842. The van der Waals surface area contributed by atoms with Gasteiger partial charge in [0.15, 0.2) is 0 Å². The summed E-state index contributed by atoms with van der Waals surface area (Å²) in [5, 5.41) is 11.1. The van der Waals surface area contributed by atoms with Gasteiger partial charge in [0.05, 0.1) is 0 Å². The number of carboxylic acids is 1. The van der Waals surface area contributed by atoms with Crippen LogP contribution in [-0.4, -0.2) is 88.7 Å². The summed E-state index contributed by atoms with van der Waals surface area (Å²) in [6.07, 6.45) is -10.8. The topological polar surface area (TPSA) is 95.5 Å². The van der Waals surface area contributed by atoms with E-state index < -0.39 is 102 Å². The molecule has 254 valence electrons. The molecule has 0 bridgehead atoms. The number of unbranched alkanes of at least 4 members (excludes halogenated alkanes) is 1. The predicted molar refractivity (Wildman–Crippen MR) is 110 cm³/mol. The molecule has 0 aromatic heterocycles. The Morgan fingerprint density at radius 3 is 1.44 bits per heavy atom. The number of alkyl halides is 17. The third kappa shape index (κ3) is 8.39. The van der Waals surface area contributed by atoms with Gasteiger partial charge in [0, 0.05) is 38.1 Å². The number of nitrogens with one attached hydrogen (secondary N) is 2. The Morgan fingerprint density at radius 1 is 0.558 bits per heavy atom. The van der Waals surface area contributed by atoms with Crippen LogP contribution in [0.4, 0.5) is 79.4 Å². The summed E-state index contributed by atoms with van der Waals surface area (Å²) in [6, 6.07) is 0. The number of carbonyl (C=O) groups excluding carboxylic acids is 2. The molecule has 0 rings (SSSR count). The Balaban J connectivity index is 5.37. The van der Waals surface area contributed by atoms with E-state index in [2.05, 4.69) is 5.32 Å². The van der Waals surface area contributed by atoms with Crippen LogP contribution in [0.15, 0.2) is 0 Å². The van der Waals surface area contributed by atoms with Crippen LogP contribution in [0.25, 0.3) is 0 Å². The molecule has 3 N–H and O–H groups in total. The third-order valence-electron chi connectivity index (χ3n) is 5.20. The maximum atomic E-state index is 13.8. The Labute approximate surface area is 233 Å². The largest absolute Gasteiger partial charge is 0.481 e. The van der Waals surface area contributed by atoms with Crippen molar-refractivity contribution in [2.75, 3.05) is 18.8 Å². The van der Waals surface area contributed by atoms with Crippen molar-refractivity contribution in [3.8, 4) is 0 Å². The van der Waals surface area contributed by atoms with E-state index in [0.717, 1.165) is 0 Å². The highest BCUT2D eigenvalue weighted by Gasteiger charge is 2.95. The number of thioether (sulfide) groups is 1. The van der Waals surface area contributed by atoms with Crippen LogP contribution >= 0.6 is 11.8 Å². The maximum Gasteiger partial charge on any atom is 0.460 e. The summed E-state index contributed by atoms with van der Waals surface area (Å²) in [4.78, 5) is 33.3. The van der Waals surface area contributed by atoms with Gasteiger partial charge in [-0.3, -0.25) is 14.4 Å². The zero-order valence-corrected chi connectivity index (χ0v) is 21.5. The van der Waals surface area contributed by atoms with E-state index in [9.17, 15) is 89.0 Å². The van der Waals surface area contributed by atoms with Crippen LogP contribution in [-0.2, 0) is 9.59 Å². The number of hydrogen-bond donors (Lipinski definition) is 3. The molecular formula is C19H19F17N2O4S. The lowest BCUT2D eigenvalue weighted by molar-refractivity contribution is -0.461. The van der Waals surface area contributed by atoms with Gasteiger partial charge in [-0.05, 0) is 12.8 Å². The average Bonchev–Trinajstić information content (AvgIpc) is 2.82. The molecule has 2 amide bonds. The van der Waals surface area contributed by atoms with Crippen LogP contribution in [0.3, 0.4) is 0 Å². The van der Waals surface area contributed by atoms with Crippen molar-refractivity contribution in [3.63, 3.8) is 0 Å². The van der Waals surface area contributed by atoms with E-state index >= 15 is 0 Å². The minimum absolute atomic E-state index is 0.0100. The van der Waals surface area contributed by atoms with Gasteiger partial charge in [-0.2, -0.15) is 74.6 Å². The first kappa shape index (κ1) is 40.6. The molecule has 0 spiro atoms. The average molecular weight is 694 g/mol. The van der Waals surface area contributed by atoms with Crippen molar-refractivity contribution in [1.82, 2.24) is 10.6 Å². The molecule has 0 saturated heterocycles. The molecule has 0 aliphatic heterocycles. The first-order chi connectivity index (χ1) is 19.0. The van der Waals surface area contributed by atoms with E-state index in [0.29, 0.717) is 0 Å². The summed E-state index contributed by atoms with van der Waals surface area (Å²) in [7, 11) is 0. The predicted octanol–water partition coefficient (Wildman–Crippen LogP) is 6.59. The second-order valence-electron chi connectivity index (χ2n) is 8.41. The smallest absolute Gasteiger partial charge is 0.460 e. The maximum absolute atomic E-state index is 13.8. The number of rotatable bonds is 17. The van der Waals surface area contributed by atoms with Crippen LogP contribution in [0.2, 0.25) is 0 Å². The Morgan fingerprint density at radius 2 is 1.00 bits per heavy atom. The van der Waals surface area contributed by atoms with E-state index in [4.69, 9.17) is 5.11 Å². The van der Waals surface area contributed by atoms with Gasteiger partial charge >= 0.3 is 53.6 Å². The highest BCUT2D eigenvalue weighted by molar-refractivity contribution is 8.13. The van der Waals surface area contributed by atoms with Crippen molar-refractivity contribution in [2.45, 2.75) is 79.7 Å². The molecule has 0 heterocycles. The number of carboxylic acid groups (broad SMARTS) is 1. The first-order valence-corrected chi connectivity index (χ1v) is 12.0. The highest BCUT2D eigenvalue weighted by Crippen LogP contribution is 2.64. The fourth-order valence-corrected chi connectivity index (χ4v) is 3.42. The number of aliphatic carboxylic acids is 1. The van der Waals surface area contributed by atoms with Gasteiger partial charge in [0.25, 0.3) is 5.24 Å². The standard InChI is InChI=1S/C19H19F17N2O4S/c20-12(21,5-8-43-11(42)38-7-4-9(39)37-6-2-1-3-10(40)41)13(22,23)14(24,25)15(26,27)16(28,29)17(30,31)18(32,33)19(34,35)36/h1-8H2,(H,37,39)(H,38,42)(H,40,41). The zero-order valence-electron chi connectivity index (χ0n) is 20.7. The van der Waals surface area contributed by atoms with E-state index in [1.807, 2.05) is 5.32 Å². The third-order valence-corrected chi connectivity index (χ3v) is 6.01. The van der Waals surface area contributed by atoms with Gasteiger partial charge in [0.1, 0.15) is 0 Å². The molecule has 43 heavy (non-hydrogen) atoms. The SMILES string of the molecule is O=C(O)CCCCNC(=O)CCNC(=O)SCCC(F)(F)C(F)(F)C(F)(F)C(F)(F)C(F)(F)C(F)(F)C(F)(F)C(F)(F)F. The van der Waals surface area contributed by atoms with Gasteiger partial charge in [-0.15, -0.1) is 0 Å². The van der Waals surface area contributed by atoms with Gasteiger partial charge < -0.3 is 15.7 Å². The van der Waals surface area contributed by atoms with E-state index in [1.165, 1.54) is 0 Å². The Kier molecular flexibility index (Phi) is 12.9.